The molecule has 1 heterocycles. The molecule has 0 aliphatic carbocycles. The van der Waals surface area contributed by atoms with Gasteiger partial charge in [-0.05, 0) is 25.5 Å². The van der Waals surface area contributed by atoms with Crippen molar-refractivity contribution in [3.05, 3.63) is 24.0 Å². The third-order valence-corrected chi connectivity index (χ3v) is 2.54. The van der Waals surface area contributed by atoms with Crippen molar-refractivity contribution in [3.63, 3.8) is 0 Å². The van der Waals surface area contributed by atoms with E-state index in [-0.39, 0.29) is 0 Å². The van der Waals surface area contributed by atoms with Crippen molar-refractivity contribution in [2.24, 2.45) is 0 Å². The van der Waals surface area contributed by atoms with Crippen LogP contribution in [0.4, 0.5) is 0 Å². The van der Waals surface area contributed by atoms with Crippen molar-refractivity contribution in [1.82, 2.24) is 4.98 Å². The fraction of sp³-hybridized carbons (Fsp3) is 0.667. The minimum absolute atomic E-state index is 0.520. The highest BCUT2D eigenvalue weighted by Crippen LogP contribution is 2.12. The van der Waals surface area contributed by atoms with Gasteiger partial charge < -0.3 is 18.9 Å². The number of hydrogen-bond acceptors (Lipinski definition) is 5. The number of aromatic nitrogens is 1. The molecule has 0 saturated heterocycles. The lowest BCUT2D eigenvalue weighted by Crippen LogP contribution is -2.13. The third kappa shape index (κ3) is 8.09. The van der Waals surface area contributed by atoms with Crippen LogP contribution in [-0.4, -0.2) is 51.2 Å². The molecule has 0 spiro atoms. The zero-order valence-corrected chi connectivity index (χ0v) is 12.5. The van der Waals surface area contributed by atoms with Crippen LogP contribution < -0.4 is 4.74 Å². The molecule has 0 aliphatic rings. The summed E-state index contributed by atoms with van der Waals surface area (Å²) in [6, 6.07) is 3.76. The van der Waals surface area contributed by atoms with E-state index >= 15 is 0 Å². The zero-order valence-electron chi connectivity index (χ0n) is 12.5. The van der Waals surface area contributed by atoms with E-state index < -0.39 is 0 Å². The van der Waals surface area contributed by atoms with Gasteiger partial charge in [-0.3, -0.25) is 4.98 Å². The van der Waals surface area contributed by atoms with Crippen LogP contribution in [0.25, 0.3) is 0 Å². The second-order valence-corrected chi connectivity index (χ2v) is 4.27. The fourth-order valence-electron chi connectivity index (χ4n) is 1.52. The molecule has 0 atom stereocenters. The summed E-state index contributed by atoms with van der Waals surface area (Å²) < 4.78 is 21.6. The van der Waals surface area contributed by atoms with Crippen LogP contribution in [0, 0.1) is 6.92 Å². The molecule has 0 fully saturated rings. The van der Waals surface area contributed by atoms with Crippen LogP contribution in [0.15, 0.2) is 18.3 Å². The van der Waals surface area contributed by atoms with E-state index in [9.17, 15) is 0 Å². The van der Waals surface area contributed by atoms with Crippen molar-refractivity contribution in [1.29, 1.82) is 0 Å². The normalized spacial score (nSPS) is 10.7. The summed E-state index contributed by atoms with van der Waals surface area (Å²) in [6.07, 6.45) is 2.79. The first kappa shape index (κ1) is 16.9. The molecule has 0 bridgehead atoms. The van der Waals surface area contributed by atoms with Crippen LogP contribution >= 0.6 is 0 Å². The summed E-state index contributed by atoms with van der Waals surface area (Å²) in [7, 11) is 0. The number of hydrogen-bond donors (Lipinski definition) is 0. The molecule has 0 aromatic carbocycles. The summed E-state index contributed by atoms with van der Waals surface area (Å²) in [5, 5.41) is 0. The van der Waals surface area contributed by atoms with Crippen LogP contribution in [-0.2, 0) is 14.2 Å². The van der Waals surface area contributed by atoms with E-state index in [2.05, 4.69) is 11.9 Å². The quantitative estimate of drug-likeness (QED) is 0.551. The van der Waals surface area contributed by atoms with Crippen LogP contribution in [0.3, 0.4) is 0 Å². The lowest BCUT2D eigenvalue weighted by molar-refractivity contribution is 0.00940. The van der Waals surface area contributed by atoms with E-state index in [1.165, 1.54) is 0 Å². The first-order valence-electron chi connectivity index (χ1n) is 7.12. The molecule has 0 amide bonds. The highest BCUT2D eigenvalue weighted by Gasteiger charge is 1.98. The van der Waals surface area contributed by atoms with Gasteiger partial charge in [-0.25, -0.2) is 0 Å². The fourth-order valence-corrected chi connectivity index (χ4v) is 1.52. The van der Waals surface area contributed by atoms with Gasteiger partial charge in [0.1, 0.15) is 12.4 Å². The maximum atomic E-state index is 5.56. The molecule has 0 radical (unpaired) electrons. The average molecular weight is 283 g/mol. The SMILES string of the molecule is CCCOCCOCCOCCOc1cccnc1C. The van der Waals surface area contributed by atoms with Crippen molar-refractivity contribution < 1.29 is 18.9 Å². The predicted molar refractivity (Wildman–Crippen MR) is 77.2 cm³/mol. The maximum Gasteiger partial charge on any atom is 0.140 e. The Morgan fingerprint density at radius 2 is 1.50 bits per heavy atom. The molecular weight excluding hydrogens is 258 g/mol. The number of pyridine rings is 1. The van der Waals surface area contributed by atoms with Crippen molar-refractivity contribution in [2.75, 3.05) is 46.2 Å². The van der Waals surface area contributed by atoms with Crippen molar-refractivity contribution in [3.8, 4) is 5.75 Å². The smallest absolute Gasteiger partial charge is 0.140 e. The van der Waals surface area contributed by atoms with Crippen LogP contribution in [0.1, 0.15) is 19.0 Å². The van der Waals surface area contributed by atoms with Crippen molar-refractivity contribution in [2.45, 2.75) is 20.3 Å². The Labute approximate surface area is 121 Å². The number of aryl methyl sites for hydroxylation is 1. The van der Waals surface area contributed by atoms with Gasteiger partial charge in [-0.15, -0.1) is 0 Å². The van der Waals surface area contributed by atoms with Gasteiger partial charge in [-0.1, -0.05) is 6.92 Å². The average Bonchev–Trinajstić information content (AvgIpc) is 2.46. The lowest BCUT2D eigenvalue weighted by Gasteiger charge is -2.09. The molecular formula is C15H25NO4. The van der Waals surface area contributed by atoms with E-state index in [0.29, 0.717) is 39.6 Å². The molecule has 1 aromatic heterocycles. The summed E-state index contributed by atoms with van der Waals surface area (Å²) >= 11 is 0. The van der Waals surface area contributed by atoms with Gasteiger partial charge in [0.15, 0.2) is 0 Å². The summed E-state index contributed by atoms with van der Waals surface area (Å²) in [4.78, 5) is 4.15. The van der Waals surface area contributed by atoms with Crippen molar-refractivity contribution >= 4 is 0 Å². The standard InChI is InChI=1S/C15H25NO4/c1-3-7-17-8-9-18-10-11-19-12-13-20-15-5-4-6-16-14(15)2/h4-6H,3,7-13H2,1-2H3. The molecule has 114 valence electrons. The molecule has 1 rings (SSSR count). The van der Waals surface area contributed by atoms with Gasteiger partial charge in [-0.2, -0.15) is 0 Å². The monoisotopic (exact) mass is 283 g/mol. The van der Waals surface area contributed by atoms with E-state index in [1.54, 1.807) is 6.20 Å². The summed E-state index contributed by atoms with van der Waals surface area (Å²) in [6.45, 7) is 8.30. The van der Waals surface area contributed by atoms with Crippen LogP contribution in [0.2, 0.25) is 0 Å². The summed E-state index contributed by atoms with van der Waals surface area (Å²) in [5.74, 6) is 0.806. The molecule has 5 nitrogen and oxygen atoms in total. The maximum absolute atomic E-state index is 5.56. The Morgan fingerprint density at radius 1 is 0.900 bits per heavy atom. The van der Waals surface area contributed by atoms with Gasteiger partial charge in [0.25, 0.3) is 0 Å². The summed E-state index contributed by atoms with van der Waals surface area (Å²) in [5.41, 5.74) is 0.892. The zero-order chi connectivity index (χ0) is 14.5. The molecule has 5 heteroatoms. The number of nitrogens with zero attached hydrogens (tertiary/aromatic N) is 1. The highest BCUT2D eigenvalue weighted by atomic mass is 16.6. The number of rotatable bonds is 12. The molecule has 20 heavy (non-hydrogen) atoms. The second kappa shape index (κ2) is 11.6. The first-order chi connectivity index (χ1) is 9.84. The van der Waals surface area contributed by atoms with E-state index in [4.69, 9.17) is 18.9 Å². The Hall–Kier alpha value is -1.17. The highest BCUT2D eigenvalue weighted by molar-refractivity contribution is 5.25. The minimum Gasteiger partial charge on any atom is -0.489 e. The molecule has 1 aromatic rings. The Bertz CT molecular complexity index is 346. The van der Waals surface area contributed by atoms with Gasteiger partial charge >= 0.3 is 0 Å². The van der Waals surface area contributed by atoms with E-state index in [0.717, 1.165) is 24.5 Å². The third-order valence-electron chi connectivity index (χ3n) is 2.54. The molecule has 0 aliphatic heterocycles. The molecule has 0 N–H and O–H groups in total. The minimum atomic E-state index is 0.520. The topological polar surface area (TPSA) is 49.8 Å². The van der Waals surface area contributed by atoms with Gasteiger partial charge in [0.2, 0.25) is 0 Å². The number of ether oxygens (including phenoxy) is 4. The van der Waals surface area contributed by atoms with Crippen LogP contribution in [0.5, 0.6) is 5.75 Å². The second-order valence-electron chi connectivity index (χ2n) is 4.27. The first-order valence-corrected chi connectivity index (χ1v) is 7.12. The lowest BCUT2D eigenvalue weighted by atomic mass is 10.3. The van der Waals surface area contributed by atoms with Gasteiger partial charge in [0, 0.05) is 12.8 Å². The Kier molecular flexibility index (Phi) is 9.83. The van der Waals surface area contributed by atoms with Gasteiger partial charge in [0.05, 0.1) is 38.7 Å². The predicted octanol–water partition coefficient (Wildman–Crippen LogP) is 2.23. The molecule has 0 unspecified atom stereocenters. The van der Waals surface area contributed by atoms with E-state index in [1.807, 2.05) is 19.1 Å². The largest absolute Gasteiger partial charge is 0.489 e. The Morgan fingerprint density at radius 3 is 2.10 bits per heavy atom. The Balaban J connectivity index is 1.87. The molecule has 0 saturated carbocycles.